The van der Waals surface area contributed by atoms with Crippen LogP contribution in [0.3, 0.4) is 0 Å². The number of nitrogens with zero attached hydrogens (tertiary/aromatic N) is 1. The highest BCUT2D eigenvalue weighted by molar-refractivity contribution is 6.31. The quantitative estimate of drug-likeness (QED) is 0.844. The van der Waals surface area contributed by atoms with Gasteiger partial charge in [-0.25, -0.2) is 0 Å². The Kier molecular flexibility index (Phi) is 4.20. The summed E-state index contributed by atoms with van der Waals surface area (Å²) in [6.45, 7) is 2.14. The largest absolute Gasteiger partial charge is 0.506 e. The van der Waals surface area contributed by atoms with E-state index in [1.54, 1.807) is 18.2 Å². The molecule has 0 bridgehead atoms. The maximum absolute atomic E-state index is 12.2. The van der Waals surface area contributed by atoms with E-state index in [9.17, 15) is 9.90 Å². The molecule has 1 saturated heterocycles. The van der Waals surface area contributed by atoms with Gasteiger partial charge in [-0.2, -0.15) is 0 Å². The summed E-state index contributed by atoms with van der Waals surface area (Å²) in [4.78, 5) is 14.5. The lowest BCUT2D eigenvalue weighted by Gasteiger charge is -2.17. The van der Waals surface area contributed by atoms with Gasteiger partial charge < -0.3 is 15.3 Å². The predicted molar refractivity (Wildman–Crippen MR) is 89.0 cm³/mol. The molecule has 2 aromatic carbocycles. The summed E-state index contributed by atoms with van der Waals surface area (Å²) in [5.41, 5.74) is 1.99. The number of halogens is 1. The molecule has 0 aromatic heterocycles. The third-order valence-electron chi connectivity index (χ3n) is 3.81. The fourth-order valence-electron chi connectivity index (χ4n) is 2.60. The molecule has 0 atom stereocenters. The number of hydrogen-bond acceptors (Lipinski definition) is 3. The van der Waals surface area contributed by atoms with Crippen molar-refractivity contribution in [2.75, 3.05) is 23.3 Å². The molecule has 1 amide bonds. The molecule has 2 aromatic rings. The van der Waals surface area contributed by atoms with E-state index >= 15 is 0 Å². The predicted octanol–water partition coefficient (Wildman–Crippen LogP) is 3.90. The normalized spacial score (nSPS) is 14.1. The summed E-state index contributed by atoms with van der Waals surface area (Å²) in [6, 6.07) is 12.0. The molecule has 3 rings (SSSR count). The van der Waals surface area contributed by atoms with Gasteiger partial charge in [0.2, 0.25) is 0 Å². The topological polar surface area (TPSA) is 52.6 Å². The molecule has 0 aliphatic carbocycles. The first-order chi connectivity index (χ1) is 10.6. The van der Waals surface area contributed by atoms with Crippen LogP contribution >= 0.6 is 11.6 Å². The second-order valence-electron chi connectivity index (χ2n) is 5.36. The van der Waals surface area contributed by atoms with Gasteiger partial charge in [0.25, 0.3) is 5.91 Å². The zero-order chi connectivity index (χ0) is 15.5. The Morgan fingerprint density at radius 1 is 1.09 bits per heavy atom. The molecule has 4 nitrogen and oxygen atoms in total. The Morgan fingerprint density at radius 3 is 2.45 bits per heavy atom. The van der Waals surface area contributed by atoms with Crippen LogP contribution in [0, 0.1) is 0 Å². The monoisotopic (exact) mass is 316 g/mol. The number of phenolic OH excluding ortho intramolecular Hbond substituents is 1. The number of amides is 1. The standard InChI is InChI=1S/C17H17ClN2O2/c18-13-5-8-16(21)15(11-13)19-17(22)12-3-6-14(7-4-12)20-9-1-2-10-20/h3-8,11,21H,1-2,9-10H2,(H,19,22). The van der Waals surface area contributed by atoms with Gasteiger partial charge in [-0.3, -0.25) is 4.79 Å². The van der Waals surface area contributed by atoms with Gasteiger partial charge in [0, 0.05) is 29.4 Å². The average Bonchev–Trinajstić information content (AvgIpc) is 3.05. The lowest BCUT2D eigenvalue weighted by molar-refractivity contribution is 0.102. The lowest BCUT2D eigenvalue weighted by atomic mass is 10.1. The van der Waals surface area contributed by atoms with Crippen LogP contribution < -0.4 is 10.2 Å². The highest BCUT2D eigenvalue weighted by atomic mass is 35.5. The second kappa shape index (κ2) is 6.28. The number of rotatable bonds is 3. The first-order valence-electron chi connectivity index (χ1n) is 7.28. The molecule has 1 fully saturated rings. The van der Waals surface area contributed by atoms with E-state index in [-0.39, 0.29) is 11.7 Å². The number of benzene rings is 2. The molecular weight excluding hydrogens is 300 g/mol. The maximum Gasteiger partial charge on any atom is 0.255 e. The Labute approximate surface area is 134 Å². The molecule has 0 spiro atoms. The summed E-state index contributed by atoms with van der Waals surface area (Å²) in [5.74, 6) is -0.281. The van der Waals surface area contributed by atoms with Crippen molar-refractivity contribution in [2.45, 2.75) is 12.8 Å². The Morgan fingerprint density at radius 2 is 1.77 bits per heavy atom. The molecule has 1 heterocycles. The van der Waals surface area contributed by atoms with Crippen LogP contribution in [0.4, 0.5) is 11.4 Å². The van der Waals surface area contributed by atoms with Crippen LogP contribution in [0.2, 0.25) is 5.02 Å². The van der Waals surface area contributed by atoms with Crippen LogP contribution in [0.25, 0.3) is 0 Å². The molecule has 0 radical (unpaired) electrons. The molecule has 22 heavy (non-hydrogen) atoms. The zero-order valence-electron chi connectivity index (χ0n) is 12.1. The van der Waals surface area contributed by atoms with Crippen LogP contribution in [-0.4, -0.2) is 24.1 Å². The van der Waals surface area contributed by atoms with Gasteiger partial charge in [-0.15, -0.1) is 0 Å². The van der Waals surface area contributed by atoms with Crippen molar-refractivity contribution < 1.29 is 9.90 Å². The number of nitrogens with one attached hydrogen (secondary N) is 1. The summed E-state index contributed by atoms with van der Waals surface area (Å²) in [7, 11) is 0. The number of hydrogen-bond donors (Lipinski definition) is 2. The highest BCUT2D eigenvalue weighted by Gasteiger charge is 2.14. The molecule has 1 aliphatic rings. The van der Waals surface area contributed by atoms with E-state index in [0.29, 0.717) is 16.3 Å². The number of anilines is 2. The summed E-state index contributed by atoms with van der Waals surface area (Å²) in [6.07, 6.45) is 2.44. The van der Waals surface area contributed by atoms with Gasteiger partial charge in [-0.1, -0.05) is 11.6 Å². The van der Waals surface area contributed by atoms with Crippen LogP contribution in [0.1, 0.15) is 23.2 Å². The summed E-state index contributed by atoms with van der Waals surface area (Å²) >= 11 is 5.87. The molecule has 0 unspecified atom stereocenters. The first kappa shape index (κ1) is 14.7. The highest BCUT2D eigenvalue weighted by Crippen LogP contribution is 2.27. The Hall–Kier alpha value is -2.20. The second-order valence-corrected chi connectivity index (χ2v) is 5.79. The fourth-order valence-corrected chi connectivity index (χ4v) is 2.77. The van der Waals surface area contributed by atoms with E-state index in [0.717, 1.165) is 18.8 Å². The minimum absolute atomic E-state index is 0.00793. The van der Waals surface area contributed by atoms with Crippen LogP contribution in [0.5, 0.6) is 5.75 Å². The molecule has 0 saturated carbocycles. The molecule has 5 heteroatoms. The van der Waals surface area contributed by atoms with Gasteiger partial charge in [0.05, 0.1) is 5.69 Å². The molecular formula is C17H17ClN2O2. The minimum atomic E-state index is -0.273. The Bertz CT molecular complexity index is 680. The molecule has 114 valence electrons. The third-order valence-corrected chi connectivity index (χ3v) is 4.04. The molecule has 2 N–H and O–H groups in total. The van der Waals surface area contributed by atoms with Crippen molar-refractivity contribution >= 4 is 28.9 Å². The Balaban J connectivity index is 1.73. The van der Waals surface area contributed by atoms with Gasteiger partial charge >= 0.3 is 0 Å². The van der Waals surface area contributed by atoms with Gasteiger partial charge in [0.15, 0.2) is 0 Å². The zero-order valence-corrected chi connectivity index (χ0v) is 12.8. The van der Waals surface area contributed by atoms with E-state index < -0.39 is 0 Å². The van der Waals surface area contributed by atoms with E-state index in [4.69, 9.17) is 11.6 Å². The van der Waals surface area contributed by atoms with Crippen molar-refractivity contribution in [1.82, 2.24) is 0 Å². The van der Waals surface area contributed by atoms with Crippen molar-refractivity contribution in [3.63, 3.8) is 0 Å². The number of carbonyl (C=O) groups excluding carboxylic acids is 1. The third kappa shape index (κ3) is 3.17. The fraction of sp³-hybridized carbons (Fsp3) is 0.235. The number of carbonyl (C=O) groups is 1. The maximum atomic E-state index is 12.2. The van der Waals surface area contributed by atoms with Gasteiger partial charge in [0.1, 0.15) is 5.75 Å². The summed E-state index contributed by atoms with van der Waals surface area (Å²) < 4.78 is 0. The smallest absolute Gasteiger partial charge is 0.255 e. The number of phenols is 1. The SMILES string of the molecule is O=C(Nc1cc(Cl)ccc1O)c1ccc(N2CCCC2)cc1. The number of aromatic hydroxyl groups is 1. The molecule has 1 aliphatic heterocycles. The van der Waals surface area contributed by atoms with Gasteiger partial charge in [-0.05, 0) is 55.3 Å². The van der Waals surface area contributed by atoms with Crippen LogP contribution in [0.15, 0.2) is 42.5 Å². The lowest BCUT2D eigenvalue weighted by Crippen LogP contribution is -2.18. The van der Waals surface area contributed by atoms with Crippen molar-refractivity contribution in [1.29, 1.82) is 0 Å². The summed E-state index contributed by atoms with van der Waals surface area (Å²) in [5, 5.41) is 12.9. The van der Waals surface area contributed by atoms with Crippen molar-refractivity contribution in [2.24, 2.45) is 0 Å². The average molecular weight is 317 g/mol. The minimum Gasteiger partial charge on any atom is -0.506 e. The van der Waals surface area contributed by atoms with Crippen molar-refractivity contribution in [3.05, 3.63) is 53.1 Å². The van der Waals surface area contributed by atoms with E-state index in [2.05, 4.69) is 10.2 Å². The van der Waals surface area contributed by atoms with E-state index in [1.165, 1.54) is 25.0 Å². The van der Waals surface area contributed by atoms with Crippen LogP contribution in [-0.2, 0) is 0 Å². The first-order valence-corrected chi connectivity index (χ1v) is 7.66. The van der Waals surface area contributed by atoms with E-state index in [1.807, 2.05) is 12.1 Å². The van der Waals surface area contributed by atoms with Crippen molar-refractivity contribution in [3.8, 4) is 5.75 Å².